The average Bonchev–Trinajstić information content (AvgIpc) is 3.32. The summed E-state index contributed by atoms with van der Waals surface area (Å²) in [6, 6.07) is 19.6. The molecule has 0 aromatic heterocycles. The lowest BCUT2D eigenvalue weighted by atomic mass is 9.96. The molecule has 0 spiro atoms. The fraction of sp³-hybridized carbons (Fsp3) is 0.303. The minimum Gasteiger partial charge on any atom is -0.478 e. The molecule has 0 saturated carbocycles. The van der Waals surface area contributed by atoms with Crippen molar-refractivity contribution in [1.82, 2.24) is 15.3 Å². The van der Waals surface area contributed by atoms with Crippen molar-refractivity contribution >= 4 is 40.4 Å². The SMILES string of the molecule is Cc1cc2c(cc1C(=O)O)NC(=O)/C2=C(/Nc1ccc(C(=O)N(OCCN2CCNCC2)C(C)C)cc1)c1ccccc1. The zero-order chi connectivity index (χ0) is 30.5. The summed E-state index contributed by atoms with van der Waals surface area (Å²) in [7, 11) is 0. The van der Waals surface area contributed by atoms with E-state index in [4.69, 9.17) is 4.84 Å². The van der Waals surface area contributed by atoms with E-state index in [2.05, 4.69) is 20.9 Å². The number of aromatic carboxylic acids is 1. The fourth-order valence-corrected chi connectivity index (χ4v) is 5.30. The van der Waals surface area contributed by atoms with Crippen LogP contribution in [0.3, 0.4) is 0 Å². The van der Waals surface area contributed by atoms with Gasteiger partial charge >= 0.3 is 5.97 Å². The molecule has 0 unspecified atom stereocenters. The Morgan fingerprint density at radius 2 is 1.72 bits per heavy atom. The second kappa shape index (κ2) is 13.2. The van der Waals surface area contributed by atoms with Gasteiger partial charge in [0, 0.05) is 49.5 Å². The minimum absolute atomic E-state index is 0.137. The number of fused-ring (bicyclic) bond motifs is 1. The van der Waals surface area contributed by atoms with Gasteiger partial charge in [0.15, 0.2) is 0 Å². The van der Waals surface area contributed by atoms with Crippen molar-refractivity contribution in [2.75, 3.05) is 50.0 Å². The van der Waals surface area contributed by atoms with Gasteiger partial charge in [-0.15, -0.1) is 0 Å². The molecule has 224 valence electrons. The van der Waals surface area contributed by atoms with Crippen molar-refractivity contribution in [3.8, 4) is 0 Å². The van der Waals surface area contributed by atoms with E-state index in [9.17, 15) is 19.5 Å². The molecule has 2 amide bonds. The number of hydrogen-bond acceptors (Lipinski definition) is 7. The van der Waals surface area contributed by atoms with Gasteiger partial charge in [-0.3, -0.25) is 19.3 Å². The van der Waals surface area contributed by atoms with Gasteiger partial charge in [0.1, 0.15) is 0 Å². The molecule has 0 aliphatic carbocycles. The summed E-state index contributed by atoms with van der Waals surface area (Å²) < 4.78 is 0. The molecular formula is C33H37N5O5. The molecule has 1 fully saturated rings. The van der Waals surface area contributed by atoms with Gasteiger partial charge in [0.05, 0.1) is 35.2 Å². The fourth-order valence-electron chi connectivity index (χ4n) is 5.30. The molecule has 0 radical (unpaired) electrons. The first-order chi connectivity index (χ1) is 20.7. The van der Waals surface area contributed by atoms with Gasteiger partial charge in [0.2, 0.25) is 0 Å². The number of nitrogens with one attached hydrogen (secondary N) is 3. The van der Waals surface area contributed by atoms with Crippen LogP contribution in [-0.2, 0) is 9.63 Å². The number of carbonyl (C=O) groups excluding carboxylic acids is 2. The number of benzene rings is 3. The minimum atomic E-state index is -1.05. The number of anilines is 2. The number of nitrogens with zero attached hydrogens (tertiary/aromatic N) is 2. The molecule has 3 aromatic carbocycles. The monoisotopic (exact) mass is 583 g/mol. The highest BCUT2D eigenvalue weighted by Crippen LogP contribution is 2.39. The molecular weight excluding hydrogens is 546 g/mol. The van der Waals surface area contributed by atoms with E-state index in [1.807, 2.05) is 44.2 Å². The van der Waals surface area contributed by atoms with Crippen LogP contribution in [-0.4, -0.2) is 78.2 Å². The molecule has 0 bridgehead atoms. The molecule has 5 rings (SSSR count). The molecule has 3 aromatic rings. The Balaban J connectivity index is 1.39. The lowest BCUT2D eigenvalue weighted by Crippen LogP contribution is -2.46. The van der Waals surface area contributed by atoms with Crippen molar-refractivity contribution in [1.29, 1.82) is 0 Å². The highest BCUT2D eigenvalue weighted by Gasteiger charge is 2.30. The molecule has 2 aliphatic rings. The smallest absolute Gasteiger partial charge is 0.336 e. The van der Waals surface area contributed by atoms with Crippen molar-refractivity contribution in [2.24, 2.45) is 0 Å². The van der Waals surface area contributed by atoms with Crippen LogP contribution < -0.4 is 16.0 Å². The highest BCUT2D eigenvalue weighted by atomic mass is 16.7. The third-order valence-electron chi connectivity index (χ3n) is 7.57. The van der Waals surface area contributed by atoms with E-state index in [1.165, 1.54) is 11.1 Å². The van der Waals surface area contributed by atoms with Gasteiger partial charge in [0.25, 0.3) is 11.8 Å². The first kappa shape index (κ1) is 30.0. The zero-order valence-electron chi connectivity index (χ0n) is 24.6. The van der Waals surface area contributed by atoms with Gasteiger partial charge in [-0.1, -0.05) is 30.3 Å². The maximum atomic E-state index is 13.4. The Bertz CT molecular complexity index is 1530. The van der Waals surface area contributed by atoms with E-state index in [0.29, 0.717) is 45.9 Å². The number of aryl methyl sites for hydroxylation is 1. The first-order valence-electron chi connectivity index (χ1n) is 14.5. The number of rotatable bonds is 10. The van der Waals surface area contributed by atoms with Crippen LogP contribution in [0.15, 0.2) is 66.7 Å². The summed E-state index contributed by atoms with van der Waals surface area (Å²) in [4.78, 5) is 46.6. The number of carbonyl (C=O) groups is 3. The van der Waals surface area contributed by atoms with Crippen molar-refractivity contribution in [2.45, 2.75) is 26.8 Å². The van der Waals surface area contributed by atoms with Crippen LogP contribution in [0.2, 0.25) is 0 Å². The molecule has 4 N–H and O–H groups in total. The summed E-state index contributed by atoms with van der Waals surface area (Å²) in [6.45, 7) is 10.6. The number of hydroxylamine groups is 2. The zero-order valence-corrected chi connectivity index (χ0v) is 24.6. The molecule has 0 atom stereocenters. The second-order valence-electron chi connectivity index (χ2n) is 10.9. The Morgan fingerprint density at radius 1 is 1.02 bits per heavy atom. The van der Waals surface area contributed by atoms with Crippen molar-refractivity contribution in [3.05, 3.63) is 94.5 Å². The summed E-state index contributed by atoms with van der Waals surface area (Å²) in [5.41, 5.74) is 4.68. The van der Waals surface area contributed by atoms with E-state index in [0.717, 1.165) is 38.3 Å². The molecule has 10 heteroatoms. The number of carboxylic acid groups (broad SMARTS) is 1. The molecule has 2 aliphatic heterocycles. The Labute approximate surface area is 251 Å². The van der Waals surface area contributed by atoms with Crippen LogP contribution in [0, 0.1) is 6.92 Å². The van der Waals surface area contributed by atoms with E-state index < -0.39 is 5.97 Å². The molecule has 43 heavy (non-hydrogen) atoms. The first-order valence-corrected chi connectivity index (χ1v) is 14.5. The predicted octanol–water partition coefficient (Wildman–Crippen LogP) is 4.31. The normalized spacial score (nSPS) is 16.0. The number of piperazine rings is 1. The Hall–Kier alpha value is -4.51. The van der Waals surface area contributed by atoms with Crippen LogP contribution >= 0.6 is 0 Å². The molecule has 10 nitrogen and oxygen atoms in total. The molecule has 1 saturated heterocycles. The maximum absolute atomic E-state index is 13.4. The summed E-state index contributed by atoms with van der Waals surface area (Å²) in [6.07, 6.45) is 0. The standard InChI is InChI=1S/C33H37N5O5/c1-21(2)38(43-18-17-37-15-13-34-14-16-37)32(40)24-9-11-25(12-10-24)35-30(23-7-5-4-6-8-23)29-27-19-22(3)26(33(41)42)20-28(27)36-31(29)39/h4-12,19-21,34-35H,13-18H2,1-3H3,(H,36,39)(H,41,42)/b30-29+. The Morgan fingerprint density at radius 3 is 2.37 bits per heavy atom. The van der Waals surface area contributed by atoms with E-state index >= 15 is 0 Å². The summed E-state index contributed by atoms with van der Waals surface area (Å²) >= 11 is 0. The Kier molecular flexibility index (Phi) is 9.20. The lowest BCUT2D eigenvalue weighted by Gasteiger charge is -2.30. The third-order valence-corrected chi connectivity index (χ3v) is 7.57. The van der Waals surface area contributed by atoms with Gasteiger partial charge in [-0.05, 0) is 68.3 Å². The van der Waals surface area contributed by atoms with Crippen LogP contribution in [0.25, 0.3) is 11.3 Å². The van der Waals surface area contributed by atoms with Crippen LogP contribution in [0.5, 0.6) is 0 Å². The maximum Gasteiger partial charge on any atom is 0.336 e. The van der Waals surface area contributed by atoms with Gasteiger partial charge < -0.3 is 21.1 Å². The summed E-state index contributed by atoms with van der Waals surface area (Å²) in [5, 5.41) is 20.5. The predicted molar refractivity (Wildman–Crippen MR) is 167 cm³/mol. The molecule has 2 heterocycles. The van der Waals surface area contributed by atoms with Gasteiger partial charge in [-0.25, -0.2) is 9.86 Å². The third kappa shape index (κ3) is 6.77. The van der Waals surface area contributed by atoms with Crippen molar-refractivity contribution < 1.29 is 24.3 Å². The van der Waals surface area contributed by atoms with E-state index in [-0.39, 0.29) is 23.4 Å². The average molecular weight is 584 g/mol. The number of hydrogen-bond donors (Lipinski definition) is 4. The largest absolute Gasteiger partial charge is 0.478 e. The van der Waals surface area contributed by atoms with Gasteiger partial charge in [-0.2, -0.15) is 0 Å². The number of carboxylic acids is 1. The highest BCUT2D eigenvalue weighted by molar-refractivity contribution is 6.37. The van der Waals surface area contributed by atoms with Crippen LogP contribution in [0.4, 0.5) is 11.4 Å². The topological polar surface area (TPSA) is 123 Å². The lowest BCUT2D eigenvalue weighted by molar-refractivity contribution is -0.145. The van der Waals surface area contributed by atoms with Crippen LogP contribution in [0.1, 0.15) is 51.3 Å². The second-order valence-corrected chi connectivity index (χ2v) is 10.9. The summed E-state index contributed by atoms with van der Waals surface area (Å²) in [5.74, 6) is -1.61. The number of amides is 2. The quantitative estimate of drug-likeness (QED) is 0.206. The van der Waals surface area contributed by atoms with E-state index in [1.54, 1.807) is 37.3 Å². The van der Waals surface area contributed by atoms with Crippen molar-refractivity contribution in [3.63, 3.8) is 0 Å².